The van der Waals surface area contributed by atoms with Crippen molar-refractivity contribution in [2.75, 3.05) is 0 Å². The van der Waals surface area contributed by atoms with E-state index in [1.807, 2.05) is 0 Å². The SMILES string of the molecule is NC(c1ccc(Cl)cc1F)c1c(F)cc(F)cc1F. The molecule has 0 aliphatic heterocycles. The molecule has 0 amide bonds. The van der Waals surface area contributed by atoms with E-state index in [-0.39, 0.29) is 10.6 Å². The van der Waals surface area contributed by atoms with E-state index >= 15 is 0 Å². The number of hydrogen-bond acceptors (Lipinski definition) is 1. The van der Waals surface area contributed by atoms with Crippen molar-refractivity contribution in [3.05, 3.63) is 69.8 Å². The van der Waals surface area contributed by atoms with E-state index < -0.39 is 34.9 Å². The first-order valence-electron chi connectivity index (χ1n) is 5.25. The normalized spacial score (nSPS) is 12.5. The maximum Gasteiger partial charge on any atom is 0.134 e. The lowest BCUT2D eigenvalue weighted by Crippen LogP contribution is -2.17. The molecular weight excluding hydrogens is 282 g/mol. The lowest BCUT2D eigenvalue weighted by molar-refractivity contribution is 0.509. The van der Waals surface area contributed by atoms with Crippen molar-refractivity contribution in [2.45, 2.75) is 6.04 Å². The second kappa shape index (κ2) is 5.19. The topological polar surface area (TPSA) is 26.0 Å². The molecule has 0 spiro atoms. The molecule has 1 atom stereocenters. The summed E-state index contributed by atoms with van der Waals surface area (Å²) in [5, 5.41) is 0.133. The van der Waals surface area contributed by atoms with Gasteiger partial charge < -0.3 is 5.73 Å². The minimum absolute atomic E-state index is 0.131. The standard InChI is InChI=1S/C13H8ClF4N/c14-6-1-2-8(9(16)3-6)13(19)12-10(17)4-7(15)5-11(12)18/h1-5,13H,19H2. The van der Waals surface area contributed by atoms with Gasteiger partial charge in [0.1, 0.15) is 23.3 Å². The minimum Gasteiger partial charge on any atom is -0.320 e. The lowest BCUT2D eigenvalue weighted by atomic mass is 9.98. The van der Waals surface area contributed by atoms with Crippen LogP contribution in [0.1, 0.15) is 17.2 Å². The summed E-state index contributed by atoms with van der Waals surface area (Å²) in [6, 6.07) is 3.15. The van der Waals surface area contributed by atoms with E-state index in [1.165, 1.54) is 12.1 Å². The molecule has 1 unspecified atom stereocenters. The van der Waals surface area contributed by atoms with E-state index in [4.69, 9.17) is 17.3 Å². The monoisotopic (exact) mass is 289 g/mol. The Morgan fingerprint density at radius 1 is 0.895 bits per heavy atom. The summed E-state index contributed by atoms with van der Waals surface area (Å²) in [5.41, 5.74) is 4.91. The molecule has 0 aromatic heterocycles. The molecule has 0 saturated heterocycles. The van der Waals surface area contributed by atoms with Crippen molar-refractivity contribution in [1.82, 2.24) is 0 Å². The van der Waals surface area contributed by atoms with Gasteiger partial charge >= 0.3 is 0 Å². The zero-order chi connectivity index (χ0) is 14.2. The van der Waals surface area contributed by atoms with Gasteiger partial charge in [-0.1, -0.05) is 17.7 Å². The second-order valence-electron chi connectivity index (χ2n) is 3.93. The predicted octanol–water partition coefficient (Wildman–Crippen LogP) is 3.94. The smallest absolute Gasteiger partial charge is 0.134 e. The Kier molecular flexibility index (Phi) is 3.78. The highest BCUT2D eigenvalue weighted by molar-refractivity contribution is 6.30. The van der Waals surface area contributed by atoms with Crippen LogP contribution in [-0.2, 0) is 0 Å². The van der Waals surface area contributed by atoms with Gasteiger partial charge in [0.2, 0.25) is 0 Å². The third-order valence-corrected chi connectivity index (χ3v) is 2.89. The Morgan fingerprint density at radius 3 is 2.00 bits per heavy atom. The van der Waals surface area contributed by atoms with Gasteiger partial charge in [-0.25, -0.2) is 17.6 Å². The molecule has 0 bridgehead atoms. The maximum absolute atomic E-state index is 13.6. The van der Waals surface area contributed by atoms with Crippen LogP contribution in [0.3, 0.4) is 0 Å². The average Bonchev–Trinajstić information content (AvgIpc) is 2.26. The number of rotatable bonds is 2. The molecule has 2 aromatic rings. The highest BCUT2D eigenvalue weighted by Crippen LogP contribution is 2.28. The van der Waals surface area contributed by atoms with Crippen LogP contribution >= 0.6 is 11.6 Å². The van der Waals surface area contributed by atoms with Gasteiger partial charge in [0.25, 0.3) is 0 Å². The number of nitrogens with two attached hydrogens (primary N) is 1. The van der Waals surface area contributed by atoms with Crippen molar-refractivity contribution in [2.24, 2.45) is 5.73 Å². The third kappa shape index (κ3) is 2.72. The zero-order valence-corrected chi connectivity index (χ0v) is 10.2. The minimum atomic E-state index is -1.39. The van der Waals surface area contributed by atoms with Crippen molar-refractivity contribution in [1.29, 1.82) is 0 Å². The van der Waals surface area contributed by atoms with Crippen LogP contribution < -0.4 is 5.73 Å². The van der Waals surface area contributed by atoms with Crippen LogP contribution in [0.15, 0.2) is 30.3 Å². The summed E-state index contributed by atoms with van der Waals surface area (Å²) in [7, 11) is 0. The van der Waals surface area contributed by atoms with Gasteiger partial charge in [0, 0.05) is 28.3 Å². The molecule has 2 aromatic carbocycles. The number of hydrogen-bond donors (Lipinski definition) is 1. The number of benzene rings is 2. The van der Waals surface area contributed by atoms with Crippen molar-refractivity contribution in [3.63, 3.8) is 0 Å². The third-order valence-electron chi connectivity index (χ3n) is 2.65. The van der Waals surface area contributed by atoms with Gasteiger partial charge in [0.05, 0.1) is 6.04 Å². The molecule has 0 saturated carbocycles. The van der Waals surface area contributed by atoms with Gasteiger partial charge in [-0.15, -0.1) is 0 Å². The summed E-state index contributed by atoms with van der Waals surface area (Å²) in [6.45, 7) is 0. The van der Waals surface area contributed by atoms with E-state index in [9.17, 15) is 17.6 Å². The van der Waals surface area contributed by atoms with Crippen LogP contribution in [0.2, 0.25) is 5.02 Å². The summed E-state index contributed by atoms with van der Waals surface area (Å²) in [6.07, 6.45) is 0. The summed E-state index contributed by atoms with van der Waals surface area (Å²) in [5.74, 6) is -4.19. The fourth-order valence-corrected chi connectivity index (χ4v) is 1.92. The summed E-state index contributed by atoms with van der Waals surface area (Å²) < 4.78 is 53.5. The fraction of sp³-hybridized carbons (Fsp3) is 0.0769. The first-order valence-corrected chi connectivity index (χ1v) is 5.63. The van der Waals surface area contributed by atoms with Crippen LogP contribution in [-0.4, -0.2) is 0 Å². The predicted molar refractivity (Wildman–Crippen MR) is 63.8 cm³/mol. The fourth-order valence-electron chi connectivity index (χ4n) is 1.76. The van der Waals surface area contributed by atoms with Gasteiger partial charge in [0.15, 0.2) is 0 Å². The van der Waals surface area contributed by atoms with Crippen LogP contribution in [0.25, 0.3) is 0 Å². The van der Waals surface area contributed by atoms with Crippen molar-refractivity contribution in [3.8, 4) is 0 Å². The molecule has 6 heteroatoms. The van der Waals surface area contributed by atoms with Gasteiger partial charge in [-0.05, 0) is 12.1 Å². The average molecular weight is 290 g/mol. The van der Waals surface area contributed by atoms with E-state index in [2.05, 4.69) is 0 Å². The molecule has 0 heterocycles. The Balaban J connectivity index is 2.53. The summed E-state index contributed by atoms with van der Waals surface area (Å²) >= 11 is 5.57. The van der Waals surface area contributed by atoms with Gasteiger partial charge in [-0.2, -0.15) is 0 Å². The molecule has 0 aliphatic rings. The molecule has 0 fully saturated rings. The molecule has 0 aliphatic carbocycles. The molecule has 0 radical (unpaired) electrons. The van der Waals surface area contributed by atoms with Crippen LogP contribution in [0.4, 0.5) is 17.6 Å². The van der Waals surface area contributed by atoms with Crippen LogP contribution in [0.5, 0.6) is 0 Å². The molecular formula is C13H8ClF4N. The van der Waals surface area contributed by atoms with E-state index in [0.717, 1.165) is 6.07 Å². The highest BCUT2D eigenvalue weighted by Gasteiger charge is 2.22. The Bertz CT molecular complexity index is 607. The largest absolute Gasteiger partial charge is 0.320 e. The lowest BCUT2D eigenvalue weighted by Gasteiger charge is -2.15. The Morgan fingerprint density at radius 2 is 1.47 bits per heavy atom. The first-order chi connectivity index (χ1) is 8.90. The Hall–Kier alpha value is -1.59. The molecule has 19 heavy (non-hydrogen) atoms. The molecule has 100 valence electrons. The highest BCUT2D eigenvalue weighted by atomic mass is 35.5. The number of halogens is 5. The van der Waals surface area contributed by atoms with Crippen molar-refractivity contribution >= 4 is 11.6 Å². The first kappa shape index (κ1) is 13.8. The Labute approximate surface area is 111 Å². The second-order valence-corrected chi connectivity index (χ2v) is 4.36. The zero-order valence-electron chi connectivity index (χ0n) is 9.43. The molecule has 1 nitrogen and oxygen atoms in total. The quantitative estimate of drug-likeness (QED) is 0.833. The van der Waals surface area contributed by atoms with E-state index in [1.54, 1.807) is 0 Å². The molecule has 2 N–H and O–H groups in total. The maximum atomic E-state index is 13.6. The van der Waals surface area contributed by atoms with Crippen molar-refractivity contribution < 1.29 is 17.6 Å². The van der Waals surface area contributed by atoms with E-state index in [0.29, 0.717) is 12.1 Å². The van der Waals surface area contributed by atoms with Gasteiger partial charge in [-0.3, -0.25) is 0 Å². The van der Waals surface area contributed by atoms with Crippen LogP contribution in [0, 0.1) is 23.3 Å². The summed E-state index contributed by atoms with van der Waals surface area (Å²) in [4.78, 5) is 0. The molecule has 2 rings (SSSR count).